The van der Waals surface area contributed by atoms with Crippen LogP contribution in [0.5, 0.6) is 0 Å². The van der Waals surface area contributed by atoms with Gasteiger partial charge in [-0.2, -0.15) is 13.2 Å². The molecule has 1 saturated heterocycles. The van der Waals surface area contributed by atoms with E-state index in [4.69, 9.17) is 0 Å². The van der Waals surface area contributed by atoms with Crippen molar-refractivity contribution >= 4 is 5.91 Å². The summed E-state index contributed by atoms with van der Waals surface area (Å²) in [6.07, 6.45) is -2.97. The Morgan fingerprint density at radius 1 is 1.22 bits per heavy atom. The van der Waals surface area contributed by atoms with Gasteiger partial charge in [0.1, 0.15) is 5.67 Å². The van der Waals surface area contributed by atoms with Crippen molar-refractivity contribution in [1.82, 2.24) is 10.6 Å². The third-order valence-corrected chi connectivity index (χ3v) is 3.85. The molecule has 2 N–H and O–H groups in total. The van der Waals surface area contributed by atoms with Gasteiger partial charge in [0, 0.05) is 6.54 Å². The van der Waals surface area contributed by atoms with Crippen molar-refractivity contribution < 1.29 is 22.4 Å². The van der Waals surface area contributed by atoms with Gasteiger partial charge in [-0.05, 0) is 56.5 Å². The first-order valence-electron chi connectivity index (χ1n) is 7.49. The maximum Gasteiger partial charge on any atom is 0.416 e. The fourth-order valence-corrected chi connectivity index (χ4v) is 2.52. The fourth-order valence-electron chi connectivity index (χ4n) is 2.52. The largest absolute Gasteiger partial charge is 0.416 e. The van der Waals surface area contributed by atoms with Crippen molar-refractivity contribution in [3.05, 3.63) is 34.9 Å². The lowest BCUT2D eigenvalue weighted by atomic mass is 9.95. The summed E-state index contributed by atoms with van der Waals surface area (Å²) >= 11 is 0. The van der Waals surface area contributed by atoms with E-state index in [-0.39, 0.29) is 29.6 Å². The van der Waals surface area contributed by atoms with E-state index in [9.17, 15) is 22.4 Å². The Morgan fingerprint density at radius 2 is 1.87 bits per heavy atom. The molecule has 1 atom stereocenters. The van der Waals surface area contributed by atoms with Crippen LogP contribution >= 0.6 is 0 Å². The van der Waals surface area contributed by atoms with Crippen molar-refractivity contribution in [1.29, 1.82) is 0 Å². The number of amides is 1. The molecule has 2 rings (SSSR count). The van der Waals surface area contributed by atoms with E-state index < -0.39 is 17.4 Å². The Balaban J connectivity index is 2.18. The second-order valence-corrected chi connectivity index (χ2v) is 6.26. The number of benzene rings is 1. The number of carbonyl (C=O) groups is 1. The van der Waals surface area contributed by atoms with Gasteiger partial charge in [-0.1, -0.05) is 6.07 Å². The zero-order valence-corrected chi connectivity index (χ0v) is 13.1. The molecule has 0 unspecified atom stereocenters. The fraction of sp³-hybridized carbons (Fsp3) is 0.562. The molecule has 3 nitrogen and oxygen atoms in total. The van der Waals surface area contributed by atoms with Gasteiger partial charge in [-0.3, -0.25) is 4.79 Å². The molecule has 1 fully saturated rings. The lowest BCUT2D eigenvalue weighted by molar-refractivity contribution is -0.137. The molecule has 23 heavy (non-hydrogen) atoms. The lowest BCUT2D eigenvalue weighted by Crippen LogP contribution is -2.40. The van der Waals surface area contributed by atoms with Crippen LogP contribution in [0.15, 0.2) is 18.2 Å². The number of carbonyl (C=O) groups excluding carboxylic acids is 1. The zero-order chi connectivity index (χ0) is 17.3. The van der Waals surface area contributed by atoms with Crippen molar-refractivity contribution in [2.45, 2.75) is 51.1 Å². The van der Waals surface area contributed by atoms with Crippen LogP contribution in [0, 0.1) is 0 Å². The van der Waals surface area contributed by atoms with Crippen LogP contribution in [-0.2, 0) is 23.2 Å². The van der Waals surface area contributed by atoms with Crippen LogP contribution in [0.2, 0.25) is 0 Å². The average molecular weight is 332 g/mol. The van der Waals surface area contributed by atoms with E-state index in [2.05, 4.69) is 10.6 Å². The number of hydrogen-bond acceptors (Lipinski definition) is 2. The summed E-state index contributed by atoms with van der Waals surface area (Å²) < 4.78 is 52.9. The molecule has 0 spiro atoms. The third kappa shape index (κ3) is 4.67. The standard InChI is InChI=1S/C16H20F4N2O/c1-15(2,17)11-6-10(7-12(8-11)16(18,19)20)9-22-14(23)13-4-3-5-21-13/h6-8,13,21H,3-5,9H2,1-2H3,(H,22,23)/t13-/m1/s1. The highest BCUT2D eigenvalue weighted by Gasteiger charge is 2.33. The van der Waals surface area contributed by atoms with Crippen LogP contribution in [0.1, 0.15) is 43.4 Å². The molecule has 7 heteroatoms. The monoisotopic (exact) mass is 332 g/mol. The Morgan fingerprint density at radius 3 is 2.39 bits per heavy atom. The van der Waals surface area contributed by atoms with Gasteiger partial charge in [0.05, 0.1) is 11.6 Å². The van der Waals surface area contributed by atoms with Crippen LogP contribution < -0.4 is 10.6 Å². The van der Waals surface area contributed by atoms with E-state index in [1.54, 1.807) is 0 Å². The number of nitrogens with one attached hydrogen (secondary N) is 2. The minimum absolute atomic E-state index is 0.0597. The SMILES string of the molecule is CC(C)(F)c1cc(CNC(=O)[C@H]2CCCN2)cc(C(F)(F)F)c1. The van der Waals surface area contributed by atoms with Crippen LogP contribution in [0.25, 0.3) is 0 Å². The Kier molecular flexibility index (Phi) is 4.98. The molecule has 1 amide bonds. The predicted octanol–water partition coefficient (Wildman–Crippen LogP) is 3.28. The summed E-state index contributed by atoms with van der Waals surface area (Å²) in [6, 6.07) is 2.80. The summed E-state index contributed by atoms with van der Waals surface area (Å²) in [5.74, 6) is -0.249. The maximum atomic E-state index is 14.0. The van der Waals surface area contributed by atoms with Crippen molar-refractivity contribution in [3.8, 4) is 0 Å². The molecule has 0 aliphatic carbocycles. The zero-order valence-electron chi connectivity index (χ0n) is 13.1. The molecule has 1 aliphatic rings. The van der Waals surface area contributed by atoms with Crippen molar-refractivity contribution in [2.24, 2.45) is 0 Å². The van der Waals surface area contributed by atoms with Gasteiger partial charge in [0.25, 0.3) is 0 Å². The van der Waals surface area contributed by atoms with Gasteiger partial charge in [-0.15, -0.1) is 0 Å². The topological polar surface area (TPSA) is 41.1 Å². The Bertz CT molecular complexity index is 540. The molecule has 0 radical (unpaired) electrons. The lowest BCUT2D eigenvalue weighted by Gasteiger charge is -2.19. The van der Waals surface area contributed by atoms with E-state index in [0.717, 1.165) is 25.1 Å². The highest BCUT2D eigenvalue weighted by atomic mass is 19.4. The van der Waals surface area contributed by atoms with Crippen molar-refractivity contribution in [2.75, 3.05) is 6.54 Å². The number of hydrogen-bond donors (Lipinski definition) is 2. The quantitative estimate of drug-likeness (QED) is 0.831. The molecule has 1 aliphatic heterocycles. The molecule has 128 valence electrons. The first-order chi connectivity index (χ1) is 10.6. The normalized spacial score (nSPS) is 19.0. The molecule has 0 saturated carbocycles. The Labute approximate surface area is 132 Å². The summed E-state index contributed by atoms with van der Waals surface area (Å²) in [5, 5.41) is 5.62. The average Bonchev–Trinajstić information content (AvgIpc) is 2.96. The van der Waals surface area contributed by atoms with Crippen molar-refractivity contribution in [3.63, 3.8) is 0 Å². The predicted molar refractivity (Wildman–Crippen MR) is 78.4 cm³/mol. The third-order valence-electron chi connectivity index (χ3n) is 3.85. The second kappa shape index (κ2) is 6.47. The first kappa shape index (κ1) is 17.7. The summed E-state index contributed by atoms with van der Waals surface area (Å²) in [7, 11) is 0. The highest BCUT2D eigenvalue weighted by Crippen LogP contribution is 2.34. The van der Waals surface area contributed by atoms with E-state index in [1.807, 2.05) is 0 Å². The summed E-state index contributed by atoms with van der Waals surface area (Å²) in [5.41, 5.74) is -2.64. The first-order valence-corrected chi connectivity index (χ1v) is 7.49. The van der Waals surface area contributed by atoms with Gasteiger partial charge < -0.3 is 10.6 Å². The number of alkyl halides is 4. The molecule has 1 aromatic rings. The summed E-state index contributed by atoms with van der Waals surface area (Å²) in [6.45, 7) is 3.09. The number of rotatable bonds is 4. The van der Waals surface area contributed by atoms with Gasteiger partial charge >= 0.3 is 6.18 Å². The van der Waals surface area contributed by atoms with Crippen LogP contribution in [-0.4, -0.2) is 18.5 Å². The van der Waals surface area contributed by atoms with E-state index in [1.165, 1.54) is 19.9 Å². The van der Waals surface area contributed by atoms with E-state index >= 15 is 0 Å². The maximum absolute atomic E-state index is 14.0. The molecule has 1 heterocycles. The molecule has 0 aromatic heterocycles. The molecular weight excluding hydrogens is 312 g/mol. The Hall–Kier alpha value is -1.63. The molecule has 1 aromatic carbocycles. The second-order valence-electron chi connectivity index (χ2n) is 6.26. The highest BCUT2D eigenvalue weighted by molar-refractivity contribution is 5.81. The minimum atomic E-state index is -4.56. The molecular formula is C16H20F4N2O. The number of halogens is 4. The smallest absolute Gasteiger partial charge is 0.351 e. The van der Waals surface area contributed by atoms with Crippen LogP contribution in [0.3, 0.4) is 0 Å². The van der Waals surface area contributed by atoms with Gasteiger partial charge in [-0.25, -0.2) is 4.39 Å². The summed E-state index contributed by atoms with van der Waals surface area (Å²) in [4.78, 5) is 11.9. The van der Waals surface area contributed by atoms with E-state index in [0.29, 0.717) is 6.42 Å². The van der Waals surface area contributed by atoms with Gasteiger partial charge in [0.15, 0.2) is 0 Å². The molecule has 0 bridgehead atoms. The van der Waals surface area contributed by atoms with Crippen LogP contribution in [0.4, 0.5) is 17.6 Å². The van der Waals surface area contributed by atoms with Gasteiger partial charge in [0.2, 0.25) is 5.91 Å². The minimum Gasteiger partial charge on any atom is -0.351 e.